The Bertz CT molecular complexity index is 627. The summed E-state index contributed by atoms with van der Waals surface area (Å²) in [7, 11) is -0.421. The second-order valence-corrected chi connectivity index (χ2v) is 6.68. The molecule has 1 N–H and O–H groups in total. The molecule has 0 aliphatic heterocycles. The average molecular weight is 274 g/mol. The molecule has 0 aliphatic rings. The number of nitrogens with one attached hydrogen (secondary N) is 1. The molecule has 0 amide bonds. The van der Waals surface area contributed by atoms with E-state index in [1.54, 1.807) is 0 Å². The van der Waals surface area contributed by atoms with Crippen molar-refractivity contribution < 1.29 is 8.42 Å². The van der Waals surface area contributed by atoms with Gasteiger partial charge in [-0.25, -0.2) is 4.98 Å². The van der Waals surface area contributed by atoms with Gasteiger partial charge in [0.15, 0.2) is 4.96 Å². The predicted molar refractivity (Wildman–Crippen MR) is 67.3 cm³/mol. The van der Waals surface area contributed by atoms with Crippen LogP contribution in [0, 0.1) is 6.92 Å². The summed E-state index contributed by atoms with van der Waals surface area (Å²) in [6.07, 6.45) is 1.85. The van der Waals surface area contributed by atoms with Gasteiger partial charge in [0.25, 0.3) is 10.2 Å². The van der Waals surface area contributed by atoms with E-state index < -0.39 is 10.2 Å². The van der Waals surface area contributed by atoms with E-state index in [2.05, 4.69) is 9.71 Å². The molecule has 2 heterocycles. The van der Waals surface area contributed by atoms with Crippen LogP contribution in [0.5, 0.6) is 0 Å². The van der Waals surface area contributed by atoms with E-state index in [0.717, 1.165) is 15.0 Å². The van der Waals surface area contributed by atoms with E-state index in [0.29, 0.717) is 5.69 Å². The molecule has 17 heavy (non-hydrogen) atoms. The van der Waals surface area contributed by atoms with Gasteiger partial charge in [0, 0.05) is 31.4 Å². The van der Waals surface area contributed by atoms with E-state index in [-0.39, 0.29) is 6.54 Å². The van der Waals surface area contributed by atoms with Crippen molar-refractivity contribution in [3.63, 3.8) is 0 Å². The standard InChI is InChI=1S/C9H14N4O2S2/c1-7-6-16-9-11-8(5-13(7)9)4-10-17(14,15)12(2)3/h5-6,10H,4H2,1-3H3. The van der Waals surface area contributed by atoms with Gasteiger partial charge in [0.1, 0.15) is 0 Å². The van der Waals surface area contributed by atoms with Crippen LogP contribution in [0.15, 0.2) is 11.6 Å². The fraction of sp³-hybridized carbons (Fsp3) is 0.444. The smallest absolute Gasteiger partial charge is 0.279 e. The number of hydrogen-bond acceptors (Lipinski definition) is 4. The summed E-state index contributed by atoms with van der Waals surface area (Å²) in [4.78, 5) is 5.21. The molecule has 94 valence electrons. The summed E-state index contributed by atoms with van der Waals surface area (Å²) in [5, 5.41) is 2.01. The summed E-state index contributed by atoms with van der Waals surface area (Å²) in [5.41, 5.74) is 1.81. The Balaban J connectivity index is 2.14. The second-order valence-electron chi connectivity index (χ2n) is 3.87. The molecular formula is C9H14N4O2S2. The monoisotopic (exact) mass is 274 g/mol. The molecule has 2 aromatic heterocycles. The molecule has 0 bridgehead atoms. The molecule has 0 aliphatic carbocycles. The maximum absolute atomic E-state index is 11.5. The topological polar surface area (TPSA) is 66.7 Å². The van der Waals surface area contributed by atoms with Gasteiger partial charge in [-0.3, -0.25) is 4.40 Å². The summed E-state index contributed by atoms with van der Waals surface area (Å²) in [6.45, 7) is 2.19. The van der Waals surface area contributed by atoms with Gasteiger partial charge < -0.3 is 0 Å². The molecule has 0 atom stereocenters. The van der Waals surface area contributed by atoms with E-state index >= 15 is 0 Å². The largest absolute Gasteiger partial charge is 0.295 e. The van der Waals surface area contributed by atoms with Crippen LogP contribution in [0.2, 0.25) is 0 Å². The molecule has 0 radical (unpaired) electrons. The number of thiazole rings is 1. The lowest BCUT2D eigenvalue weighted by atomic mass is 10.5. The van der Waals surface area contributed by atoms with Gasteiger partial charge >= 0.3 is 0 Å². The Morgan fingerprint density at radius 1 is 1.53 bits per heavy atom. The zero-order valence-corrected chi connectivity index (χ0v) is 11.5. The van der Waals surface area contributed by atoms with Gasteiger partial charge in [-0.05, 0) is 6.92 Å². The quantitative estimate of drug-likeness (QED) is 0.888. The van der Waals surface area contributed by atoms with Crippen molar-refractivity contribution in [2.45, 2.75) is 13.5 Å². The maximum atomic E-state index is 11.5. The first kappa shape index (κ1) is 12.5. The fourth-order valence-electron chi connectivity index (χ4n) is 1.32. The molecule has 2 aromatic rings. The van der Waals surface area contributed by atoms with E-state index in [1.165, 1.54) is 25.4 Å². The van der Waals surface area contributed by atoms with Gasteiger partial charge in [0.2, 0.25) is 0 Å². The van der Waals surface area contributed by atoms with Crippen LogP contribution in [0.3, 0.4) is 0 Å². The highest BCUT2D eigenvalue weighted by molar-refractivity contribution is 7.87. The minimum absolute atomic E-state index is 0.203. The first-order chi connectivity index (χ1) is 7.90. The number of aromatic nitrogens is 2. The second kappa shape index (κ2) is 4.37. The third kappa shape index (κ3) is 2.49. The van der Waals surface area contributed by atoms with Crippen molar-refractivity contribution in [1.82, 2.24) is 18.4 Å². The molecule has 0 fully saturated rings. The van der Waals surface area contributed by atoms with Crippen molar-refractivity contribution in [2.24, 2.45) is 0 Å². The Labute approximate surface area is 104 Å². The molecular weight excluding hydrogens is 260 g/mol. The molecule has 0 saturated heterocycles. The number of fused-ring (bicyclic) bond motifs is 1. The SMILES string of the molecule is Cc1csc2nc(CNS(=O)(=O)N(C)C)cn12. The summed E-state index contributed by atoms with van der Waals surface area (Å²) in [5.74, 6) is 0. The van der Waals surface area contributed by atoms with E-state index in [1.807, 2.05) is 22.9 Å². The van der Waals surface area contributed by atoms with Crippen LogP contribution in [0.25, 0.3) is 4.96 Å². The molecule has 0 aromatic carbocycles. The minimum Gasteiger partial charge on any atom is -0.295 e. The van der Waals surface area contributed by atoms with E-state index in [9.17, 15) is 8.42 Å². The van der Waals surface area contributed by atoms with Crippen LogP contribution >= 0.6 is 11.3 Å². The first-order valence-electron chi connectivity index (χ1n) is 4.99. The Hall–Kier alpha value is -0.960. The number of nitrogens with zero attached hydrogens (tertiary/aromatic N) is 3. The zero-order valence-electron chi connectivity index (χ0n) is 9.84. The van der Waals surface area contributed by atoms with Crippen LogP contribution in [0.4, 0.5) is 0 Å². The number of aryl methyl sites for hydroxylation is 1. The Kier molecular flexibility index (Phi) is 3.21. The van der Waals surface area contributed by atoms with Gasteiger partial charge in [-0.1, -0.05) is 0 Å². The third-order valence-electron chi connectivity index (χ3n) is 2.35. The van der Waals surface area contributed by atoms with Crippen LogP contribution in [-0.2, 0) is 16.8 Å². The number of imidazole rings is 1. The van der Waals surface area contributed by atoms with Crippen LogP contribution < -0.4 is 4.72 Å². The number of hydrogen-bond donors (Lipinski definition) is 1. The highest BCUT2D eigenvalue weighted by atomic mass is 32.2. The average Bonchev–Trinajstić information content (AvgIpc) is 2.78. The molecule has 0 saturated carbocycles. The highest BCUT2D eigenvalue weighted by Crippen LogP contribution is 2.15. The van der Waals surface area contributed by atoms with Gasteiger partial charge in [0.05, 0.1) is 12.2 Å². The lowest BCUT2D eigenvalue weighted by Gasteiger charge is -2.10. The first-order valence-corrected chi connectivity index (χ1v) is 7.31. The van der Waals surface area contributed by atoms with E-state index in [4.69, 9.17) is 0 Å². The maximum Gasteiger partial charge on any atom is 0.279 e. The lowest BCUT2D eigenvalue weighted by Crippen LogP contribution is -2.35. The van der Waals surface area contributed by atoms with Gasteiger partial charge in [-0.15, -0.1) is 11.3 Å². The molecule has 0 spiro atoms. The Morgan fingerprint density at radius 3 is 2.82 bits per heavy atom. The van der Waals surface area contributed by atoms with Gasteiger partial charge in [-0.2, -0.15) is 17.4 Å². The third-order valence-corrected chi connectivity index (χ3v) is 4.78. The summed E-state index contributed by atoms with van der Waals surface area (Å²) >= 11 is 1.54. The fourth-order valence-corrected chi connectivity index (χ4v) is 2.78. The highest BCUT2D eigenvalue weighted by Gasteiger charge is 2.13. The molecule has 6 nitrogen and oxygen atoms in total. The number of rotatable bonds is 4. The van der Waals surface area contributed by atoms with Crippen molar-refractivity contribution in [1.29, 1.82) is 0 Å². The van der Waals surface area contributed by atoms with Crippen molar-refractivity contribution in [3.8, 4) is 0 Å². The Morgan fingerprint density at radius 2 is 2.24 bits per heavy atom. The van der Waals surface area contributed by atoms with Crippen molar-refractivity contribution >= 4 is 26.5 Å². The van der Waals surface area contributed by atoms with Crippen molar-refractivity contribution in [3.05, 3.63) is 23.0 Å². The zero-order chi connectivity index (χ0) is 12.6. The normalized spacial score (nSPS) is 12.7. The van der Waals surface area contributed by atoms with Crippen LogP contribution in [0.1, 0.15) is 11.4 Å². The molecule has 8 heteroatoms. The summed E-state index contributed by atoms with van der Waals surface area (Å²) in [6, 6.07) is 0. The lowest BCUT2D eigenvalue weighted by molar-refractivity contribution is 0.505. The minimum atomic E-state index is -3.39. The molecule has 2 rings (SSSR count). The molecule has 0 unspecified atom stereocenters. The van der Waals surface area contributed by atoms with Crippen molar-refractivity contribution in [2.75, 3.05) is 14.1 Å². The predicted octanol–water partition coefficient (Wildman–Crippen LogP) is 0.600. The summed E-state index contributed by atoms with van der Waals surface area (Å²) < 4.78 is 28.6. The van der Waals surface area contributed by atoms with Crippen LogP contribution in [-0.4, -0.2) is 36.2 Å².